The molecule has 17 heavy (non-hydrogen) atoms. The van der Waals surface area contributed by atoms with Gasteiger partial charge in [0.15, 0.2) is 0 Å². The van der Waals surface area contributed by atoms with Crippen molar-refractivity contribution in [2.24, 2.45) is 0 Å². The van der Waals surface area contributed by atoms with Crippen molar-refractivity contribution in [2.75, 3.05) is 27.2 Å². The number of hydrogen-bond donors (Lipinski definition) is 1. The van der Waals surface area contributed by atoms with Crippen molar-refractivity contribution in [3.63, 3.8) is 0 Å². The Morgan fingerprint density at radius 2 is 1.65 bits per heavy atom. The molecule has 1 N–H and O–H groups in total. The summed E-state index contributed by atoms with van der Waals surface area (Å²) in [6, 6.07) is 0. The van der Waals surface area contributed by atoms with Gasteiger partial charge in [-0.3, -0.25) is 4.79 Å². The molecule has 0 aliphatic heterocycles. The summed E-state index contributed by atoms with van der Waals surface area (Å²) in [6.45, 7) is 2.51. The van der Waals surface area contributed by atoms with Gasteiger partial charge in [-0.05, 0) is 6.42 Å². The molecular formula is C10H22N2O4S. The van der Waals surface area contributed by atoms with Gasteiger partial charge in [-0.15, -0.1) is 0 Å². The van der Waals surface area contributed by atoms with Crippen LogP contribution in [-0.2, 0) is 15.0 Å². The van der Waals surface area contributed by atoms with Gasteiger partial charge in [0, 0.05) is 27.2 Å². The van der Waals surface area contributed by atoms with Crippen LogP contribution in [0.2, 0.25) is 0 Å². The average molecular weight is 266 g/mol. The van der Waals surface area contributed by atoms with Gasteiger partial charge in [-0.1, -0.05) is 19.8 Å². The van der Waals surface area contributed by atoms with Gasteiger partial charge >= 0.3 is 5.97 Å². The summed E-state index contributed by atoms with van der Waals surface area (Å²) >= 11 is 0. The molecular weight excluding hydrogens is 244 g/mol. The minimum atomic E-state index is -3.51. The molecule has 0 saturated carbocycles. The van der Waals surface area contributed by atoms with E-state index in [4.69, 9.17) is 5.11 Å². The summed E-state index contributed by atoms with van der Waals surface area (Å²) in [5, 5.41) is 8.50. The first-order valence-electron chi connectivity index (χ1n) is 5.71. The Morgan fingerprint density at radius 3 is 2.12 bits per heavy atom. The molecule has 0 aromatic carbocycles. The molecule has 6 nitrogen and oxygen atoms in total. The normalized spacial score (nSPS) is 12.3. The van der Waals surface area contributed by atoms with E-state index in [0.29, 0.717) is 6.54 Å². The minimum absolute atomic E-state index is 0.00418. The maximum Gasteiger partial charge on any atom is 0.304 e. The highest BCUT2D eigenvalue weighted by Crippen LogP contribution is 2.07. The van der Waals surface area contributed by atoms with Crippen LogP contribution < -0.4 is 0 Å². The lowest BCUT2D eigenvalue weighted by atomic mass is 10.2. The van der Waals surface area contributed by atoms with E-state index >= 15 is 0 Å². The number of rotatable bonds is 9. The molecule has 0 aromatic heterocycles. The zero-order valence-corrected chi connectivity index (χ0v) is 11.5. The first kappa shape index (κ1) is 16.3. The molecule has 0 fully saturated rings. The number of carboxylic acids is 1. The summed E-state index contributed by atoms with van der Waals surface area (Å²) in [4.78, 5) is 10.4. The van der Waals surface area contributed by atoms with Crippen molar-refractivity contribution in [3.05, 3.63) is 0 Å². The van der Waals surface area contributed by atoms with Crippen LogP contribution in [0.5, 0.6) is 0 Å². The molecule has 102 valence electrons. The largest absolute Gasteiger partial charge is 0.481 e. The number of unbranched alkanes of at least 4 members (excludes halogenated alkanes) is 2. The van der Waals surface area contributed by atoms with Gasteiger partial charge < -0.3 is 5.11 Å². The van der Waals surface area contributed by atoms with E-state index in [0.717, 1.165) is 23.6 Å². The van der Waals surface area contributed by atoms with E-state index in [1.807, 2.05) is 6.92 Å². The van der Waals surface area contributed by atoms with Gasteiger partial charge in [0.2, 0.25) is 0 Å². The van der Waals surface area contributed by atoms with Crippen molar-refractivity contribution in [1.82, 2.24) is 8.61 Å². The first-order valence-corrected chi connectivity index (χ1v) is 7.11. The SMILES string of the molecule is CCCCCN(C)S(=O)(=O)N(C)CCC(=O)O. The maximum absolute atomic E-state index is 11.9. The minimum Gasteiger partial charge on any atom is -0.481 e. The lowest BCUT2D eigenvalue weighted by molar-refractivity contribution is -0.137. The lowest BCUT2D eigenvalue weighted by Gasteiger charge is -2.23. The van der Waals surface area contributed by atoms with Crippen molar-refractivity contribution in [2.45, 2.75) is 32.6 Å². The third kappa shape index (κ3) is 5.99. The van der Waals surface area contributed by atoms with Gasteiger partial charge in [-0.25, -0.2) is 0 Å². The second-order valence-electron chi connectivity index (χ2n) is 4.00. The molecule has 0 heterocycles. The Morgan fingerprint density at radius 1 is 1.12 bits per heavy atom. The standard InChI is InChI=1S/C10H22N2O4S/c1-4-5-6-8-11(2)17(15,16)12(3)9-7-10(13)14/h4-9H2,1-3H3,(H,13,14). The van der Waals surface area contributed by atoms with Crippen LogP contribution in [0.1, 0.15) is 32.6 Å². The summed E-state index contributed by atoms with van der Waals surface area (Å²) in [5.74, 6) is -0.999. The molecule has 0 aromatic rings. The smallest absolute Gasteiger partial charge is 0.304 e. The van der Waals surface area contributed by atoms with E-state index in [-0.39, 0.29) is 13.0 Å². The van der Waals surface area contributed by atoms with Crippen LogP contribution >= 0.6 is 0 Å². The van der Waals surface area contributed by atoms with Crippen LogP contribution in [0, 0.1) is 0 Å². The number of carboxylic acid groups (broad SMARTS) is 1. The van der Waals surface area contributed by atoms with E-state index < -0.39 is 16.2 Å². The number of hydrogen-bond acceptors (Lipinski definition) is 3. The topological polar surface area (TPSA) is 77.9 Å². The molecule has 7 heteroatoms. The van der Waals surface area contributed by atoms with Crippen LogP contribution in [0.15, 0.2) is 0 Å². The fraction of sp³-hybridized carbons (Fsp3) is 0.900. The summed E-state index contributed by atoms with van der Waals surface area (Å²) in [5.41, 5.74) is 0. The monoisotopic (exact) mass is 266 g/mol. The molecule has 0 amide bonds. The van der Waals surface area contributed by atoms with Crippen molar-refractivity contribution in [3.8, 4) is 0 Å². The third-order valence-electron chi connectivity index (χ3n) is 2.50. The van der Waals surface area contributed by atoms with E-state index in [1.165, 1.54) is 18.4 Å². The van der Waals surface area contributed by atoms with Gasteiger partial charge in [-0.2, -0.15) is 17.0 Å². The van der Waals surface area contributed by atoms with Crippen LogP contribution in [0.3, 0.4) is 0 Å². The quantitative estimate of drug-likeness (QED) is 0.625. The lowest BCUT2D eigenvalue weighted by Crippen LogP contribution is -2.40. The van der Waals surface area contributed by atoms with Gasteiger partial charge in [0.25, 0.3) is 10.2 Å². The highest BCUT2D eigenvalue weighted by Gasteiger charge is 2.23. The number of carbonyl (C=O) groups is 1. The molecule has 0 radical (unpaired) electrons. The summed E-state index contributed by atoms with van der Waals surface area (Å²) < 4.78 is 26.1. The van der Waals surface area contributed by atoms with Gasteiger partial charge in [0.05, 0.1) is 6.42 Å². The highest BCUT2D eigenvalue weighted by atomic mass is 32.2. The Balaban J connectivity index is 4.28. The van der Waals surface area contributed by atoms with E-state index in [2.05, 4.69) is 0 Å². The van der Waals surface area contributed by atoms with Crippen LogP contribution in [-0.4, -0.2) is 55.3 Å². The fourth-order valence-electron chi connectivity index (χ4n) is 1.31. The second-order valence-corrected chi connectivity index (χ2v) is 6.14. The van der Waals surface area contributed by atoms with Crippen molar-refractivity contribution < 1.29 is 18.3 Å². The zero-order chi connectivity index (χ0) is 13.5. The molecule has 0 aliphatic rings. The maximum atomic E-state index is 11.9. The van der Waals surface area contributed by atoms with Crippen LogP contribution in [0.25, 0.3) is 0 Å². The predicted octanol–water partition coefficient (Wildman–Crippen LogP) is 0.760. The molecule has 0 bridgehead atoms. The Labute approximate surface area is 103 Å². The Hall–Kier alpha value is -0.660. The summed E-state index contributed by atoms with van der Waals surface area (Å²) in [7, 11) is -0.598. The van der Waals surface area contributed by atoms with Crippen molar-refractivity contribution >= 4 is 16.2 Å². The number of nitrogens with zero attached hydrogens (tertiary/aromatic N) is 2. The Kier molecular flexibility index (Phi) is 7.33. The average Bonchev–Trinajstić information content (AvgIpc) is 2.25. The predicted molar refractivity (Wildman–Crippen MR) is 66.0 cm³/mol. The molecule has 0 atom stereocenters. The zero-order valence-electron chi connectivity index (χ0n) is 10.7. The van der Waals surface area contributed by atoms with E-state index in [9.17, 15) is 13.2 Å². The molecule has 0 saturated heterocycles. The van der Waals surface area contributed by atoms with E-state index in [1.54, 1.807) is 0 Å². The summed E-state index contributed by atoms with van der Waals surface area (Å²) in [6.07, 6.45) is 2.65. The molecule has 0 unspecified atom stereocenters. The molecule has 0 aliphatic carbocycles. The fourth-order valence-corrected chi connectivity index (χ4v) is 2.46. The third-order valence-corrected chi connectivity index (χ3v) is 4.45. The highest BCUT2D eigenvalue weighted by molar-refractivity contribution is 7.86. The molecule has 0 spiro atoms. The van der Waals surface area contributed by atoms with Gasteiger partial charge in [0.1, 0.15) is 0 Å². The van der Waals surface area contributed by atoms with Crippen LogP contribution in [0.4, 0.5) is 0 Å². The molecule has 0 rings (SSSR count). The second kappa shape index (κ2) is 7.62. The number of aliphatic carboxylic acids is 1. The Bertz CT molecular complexity index is 329. The first-order chi connectivity index (χ1) is 7.82. The van der Waals surface area contributed by atoms with Crippen molar-refractivity contribution in [1.29, 1.82) is 0 Å².